The predicted octanol–water partition coefficient (Wildman–Crippen LogP) is 12.3. The second-order valence-electron chi connectivity index (χ2n) is 12.2. The third kappa shape index (κ3) is 4.92. The van der Waals surface area contributed by atoms with Crippen molar-refractivity contribution in [3.63, 3.8) is 0 Å². The number of benzene rings is 8. The topological polar surface area (TPSA) is 25.8 Å². The number of fused-ring (bicyclic) bond motifs is 6. The van der Waals surface area contributed by atoms with E-state index in [1.165, 1.54) is 37.9 Å². The monoisotopic (exact) mass is 610 g/mol. The fraction of sp³-hybridized carbons (Fsp3) is 0. The molecule has 0 amide bonds. The molecule has 0 spiro atoms. The van der Waals surface area contributed by atoms with E-state index in [1.807, 2.05) is 24.3 Å². The van der Waals surface area contributed by atoms with Crippen LogP contribution in [0, 0.1) is 0 Å². The van der Waals surface area contributed by atoms with Gasteiger partial charge in [-0.2, -0.15) is 0 Å². The highest BCUT2D eigenvalue weighted by molar-refractivity contribution is 6.25. The summed E-state index contributed by atoms with van der Waals surface area (Å²) in [5.41, 5.74) is 9.53. The van der Waals surface area contributed by atoms with Crippen LogP contribution in [0.3, 0.4) is 0 Å². The molecule has 0 aliphatic carbocycles. The zero-order chi connectivity index (χ0) is 31.9. The molecule has 0 unspecified atom stereocenters. The molecule has 0 N–H and O–H groups in total. The van der Waals surface area contributed by atoms with Crippen LogP contribution in [0.5, 0.6) is 0 Å². The van der Waals surface area contributed by atoms with Crippen LogP contribution in [0.4, 0.5) is 0 Å². The molecule has 0 atom stereocenters. The number of hydrogen-bond acceptors (Lipinski definition) is 2. The molecular weight excluding hydrogens is 581 g/mol. The molecule has 0 aliphatic rings. The Morgan fingerprint density at radius 1 is 0.250 bits per heavy atom. The van der Waals surface area contributed by atoms with Crippen LogP contribution >= 0.6 is 0 Å². The van der Waals surface area contributed by atoms with Gasteiger partial charge in [-0.05, 0) is 72.8 Å². The minimum absolute atomic E-state index is 0.707. The molecule has 224 valence electrons. The van der Waals surface area contributed by atoms with Gasteiger partial charge in [0.05, 0.1) is 11.4 Å². The summed E-state index contributed by atoms with van der Waals surface area (Å²) in [6.07, 6.45) is 0. The van der Waals surface area contributed by atoms with Crippen molar-refractivity contribution >= 4 is 32.3 Å². The molecule has 0 saturated carbocycles. The summed E-state index contributed by atoms with van der Waals surface area (Å²) in [6, 6.07) is 64.5. The summed E-state index contributed by atoms with van der Waals surface area (Å²) < 4.78 is 0. The number of rotatable bonds is 5. The highest BCUT2D eigenvalue weighted by atomic mass is 14.9. The van der Waals surface area contributed by atoms with Crippen molar-refractivity contribution in [2.45, 2.75) is 0 Å². The average Bonchev–Trinajstić information content (AvgIpc) is 3.18. The number of aromatic nitrogens is 2. The van der Waals surface area contributed by atoms with Crippen LogP contribution in [0.25, 0.3) is 88.5 Å². The van der Waals surface area contributed by atoms with Crippen molar-refractivity contribution in [3.05, 3.63) is 182 Å². The molecule has 2 nitrogen and oxygen atoms in total. The van der Waals surface area contributed by atoms with Gasteiger partial charge in [0.1, 0.15) is 0 Å². The van der Waals surface area contributed by atoms with Crippen LogP contribution in [0.15, 0.2) is 182 Å². The van der Waals surface area contributed by atoms with Gasteiger partial charge in [0.2, 0.25) is 0 Å². The first-order valence-electron chi connectivity index (χ1n) is 16.3. The Morgan fingerprint density at radius 2 is 0.750 bits per heavy atom. The molecule has 2 heteroatoms. The lowest BCUT2D eigenvalue weighted by atomic mass is 9.90. The lowest BCUT2D eigenvalue weighted by Crippen LogP contribution is -1.97. The van der Waals surface area contributed by atoms with E-state index in [-0.39, 0.29) is 0 Å². The van der Waals surface area contributed by atoms with Gasteiger partial charge in [-0.3, -0.25) is 0 Å². The average molecular weight is 611 g/mol. The zero-order valence-electron chi connectivity index (χ0n) is 26.2. The Hall–Kier alpha value is -6.38. The molecule has 0 fully saturated rings. The quantitative estimate of drug-likeness (QED) is 0.181. The number of hydrogen-bond donors (Lipinski definition) is 0. The SMILES string of the molecule is c1ccc(-c2cccc(-c3cc(-c4ccccc4-c4ccc5c6ccccc6c6ccccc6c5c4)nc(-c4ccccc4)n3)c2)cc1. The highest BCUT2D eigenvalue weighted by Gasteiger charge is 2.16. The smallest absolute Gasteiger partial charge is 0.160 e. The van der Waals surface area contributed by atoms with Crippen molar-refractivity contribution in [3.8, 4) is 56.2 Å². The minimum atomic E-state index is 0.707. The molecule has 0 radical (unpaired) electrons. The Morgan fingerprint density at radius 3 is 1.44 bits per heavy atom. The summed E-state index contributed by atoms with van der Waals surface area (Å²) in [4.78, 5) is 10.3. The molecule has 48 heavy (non-hydrogen) atoms. The molecule has 1 aromatic heterocycles. The molecule has 8 aromatic carbocycles. The summed E-state index contributed by atoms with van der Waals surface area (Å²) in [5, 5.41) is 7.61. The third-order valence-corrected chi connectivity index (χ3v) is 9.28. The maximum absolute atomic E-state index is 5.21. The lowest BCUT2D eigenvalue weighted by molar-refractivity contribution is 1.18. The van der Waals surface area contributed by atoms with Crippen molar-refractivity contribution in [1.82, 2.24) is 9.97 Å². The molecule has 9 aromatic rings. The zero-order valence-corrected chi connectivity index (χ0v) is 26.2. The van der Waals surface area contributed by atoms with Crippen molar-refractivity contribution < 1.29 is 0 Å². The molecule has 9 rings (SSSR count). The predicted molar refractivity (Wildman–Crippen MR) is 202 cm³/mol. The Kier molecular flexibility index (Phi) is 6.84. The Bertz CT molecular complexity index is 2570. The third-order valence-electron chi connectivity index (χ3n) is 9.28. The van der Waals surface area contributed by atoms with Crippen LogP contribution in [-0.4, -0.2) is 9.97 Å². The minimum Gasteiger partial charge on any atom is -0.228 e. The first-order chi connectivity index (χ1) is 23.8. The van der Waals surface area contributed by atoms with Crippen molar-refractivity contribution in [1.29, 1.82) is 0 Å². The van der Waals surface area contributed by atoms with Gasteiger partial charge >= 0.3 is 0 Å². The van der Waals surface area contributed by atoms with Crippen molar-refractivity contribution in [2.75, 3.05) is 0 Å². The van der Waals surface area contributed by atoms with Gasteiger partial charge in [-0.25, -0.2) is 9.97 Å². The lowest BCUT2D eigenvalue weighted by Gasteiger charge is -2.15. The Labute approximate surface area is 279 Å². The first kappa shape index (κ1) is 27.9. The Balaban J connectivity index is 1.24. The molecule has 1 heterocycles. The van der Waals surface area contributed by atoms with Crippen LogP contribution in [-0.2, 0) is 0 Å². The van der Waals surface area contributed by atoms with E-state index in [9.17, 15) is 0 Å². The molecule has 0 bridgehead atoms. The first-order valence-corrected chi connectivity index (χ1v) is 16.3. The highest BCUT2D eigenvalue weighted by Crippen LogP contribution is 2.40. The van der Waals surface area contributed by atoms with Gasteiger partial charge in [0.25, 0.3) is 0 Å². The summed E-state index contributed by atoms with van der Waals surface area (Å²) >= 11 is 0. The van der Waals surface area contributed by atoms with Gasteiger partial charge in [0, 0.05) is 16.7 Å². The van der Waals surface area contributed by atoms with E-state index < -0.39 is 0 Å². The molecule has 0 saturated heterocycles. The van der Waals surface area contributed by atoms with Crippen LogP contribution < -0.4 is 0 Å². The van der Waals surface area contributed by atoms with E-state index in [0.29, 0.717) is 5.82 Å². The fourth-order valence-corrected chi connectivity index (χ4v) is 6.97. The van der Waals surface area contributed by atoms with Crippen molar-refractivity contribution in [2.24, 2.45) is 0 Å². The van der Waals surface area contributed by atoms with Gasteiger partial charge < -0.3 is 0 Å². The van der Waals surface area contributed by atoms with E-state index in [1.54, 1.807) is 0 Å². The largest absolute Gasteiger partial charge is 0.228 e. The maximum atomic E-state index is 5.21. The number of nitrogens with zero attached hydrogens (tertiary/aromatic N) is 2. The van der Waals surface area contributed by atoms with E-state index in [0.717, 1.165) is 44.8 Å². The normalized spacial score (nSPS) is 11.3. The second-order valence-corrected chi connectivity index (χ2v) is 12.2. The fourth-order valence-electron chi connectivity index (χ4n) is 6.97. The standard InChI is InChI=1S/C46H30N2/c1-3-14-31(15-4-1)33-18-13-19-35(28-33)44-30-45(48-46(47-44)32-16-5-2-6-17-32)42-25-12-7-20-36(42)34-26-27-41-39-23-9-8-21-37(39)38-22-10-11-24-40(38)43(41)29-34/h1-30H. The van der Waals surface area contributed by atoms with Gasteiger partial charge in [-0.1, -0.05) is 164 Å². The van der Waals surface area contributed by atoms with E-state index in [4.69, 9.17) is 9.97 Å². The van der Waals surface area contributed by atoms with E-state index >= 15 is 0 Å². The maximum Gasteiger partial charge on any atom is 0.160 e. The summed E-state index contributed by atoms with van der Waals surface area (Å²) in [6.45, 7) is 0. The summed E-state index contributed by atoms with van der Waals surface area (Å²) in [5.74, 6) is 0.707. The van der Waals surface area contributed by atoms with Gasteiger partial charge in [0.15, 0.2) is 5.82 Å². The molecular formula is C46H30N2. The summed E-state index contributed by atoms with van der Waals surface area (Å²) in [7, 11) is 0. The van der Waals surface area contributed by atoms with E-state index in [2.05, 4.69) is 158 Å². The van der Waals surface area contributed by atoms with Crippen LogP contribution in [0.2, 0.25) is 0 Å². The second kappa shape index (κ2) is 11.8. The van der Waals surface area contributed by atoms with Crippen LogP contribution in [0.1, 0.15) is 0 Å². The van der Waals surface area contributed by atoms with Gasteiger partial charge in [-0.15, -0.1) is 0 Å². The molecule has 0 aliphatic heterocycles.